The summed E-state index contributed by atoms with van der Waals surface area (Å²) in [5, 5.41) is 0. The molecule has 0 spiro atoms. The first-order valence-electron chi connectivity index (χ1n) is 9.60. The maximum Gasteiger partial charge on any atom is -0.159 e. The van der Waals surface area contributed by atoms with Crippen LogP contribution in [0.4, 0.5) is 0 Å². The Morgan fingerprint density at radius 2 is 0.692 bits per heavy atom. The van der Waals surface area contributed by atoms with Crippen LogP contribution in [0.15, 0.2) is 0 Å². The standard InChI is InChI=1S/3C6H13.H3O4P.3Zn/c3*1-4-5-6(2)3;1-5(2,3)4;;;/h3*4,6H,5H2,1-3H3;(H3,1,2,3,4);;;/q;;;;3*+1/p-3. The molecule has 0 aromatic rings. The number of hydrogen-bond acceptors (Lipinski definition) is 4. The zero-order valence-electron chi connectivity index (χ0n) is 18.8. The van der Waals surface area contributed by atoms with Crippen LogP contribution in [0.25, 0.3) is 0 Å². The molecule has 8 heteroatoms. The normalized spacial score (nSPS) is 14.5. The van der Waals surface area contributed by atoms with E-state index in [9.17, 15) is 0 Å². The van der Waals surface area contributed by atoms with Crippen LogP contribution in [0.1, 0.15) is 81.6 Å². The summed E-state index contributed by atoms with van der Waals surface area (Å²) in [5.41, 5.74) is 0. The minimum absolute atomic E-state index is 0.906. The fourth-order valence-electron chi connectivity index (χ4n) is 2.41. The first kappa shape index (κ1) is 35.4. The molecule has 0 heterocycles. The van der Waals surface area contributed by atoms with Crippen molar-refractivity contribution in [3.05, 3.63) is 0 Å². The van der Waals surface area contributed by atoms with Gasteiger partial charge in [0.1, 0.15) is 0 Å². The van der Waals surface area contributed by atoms with Gasteiger partial charge in [-0.15, -0.1) is 0 Å². The van der Waals surface area contributed by atoms with Crippen molar-refractivity contribution >= 4 is 7.82 Å². The van der Waals surface area contributed by atoms with Gasteiger partial charge in [0.15, 0.2) is 0 Å². The van der Waals surface area contributed by atoms with Gasteiger partial charge in [-0.3, -0.25) is 0 Å². The van der Waals surface area contributed by atoms with Gasteiger partial charge in [0.25, 0.3) is 0 Å². The van der Waals surface area contributed by atoms with Crippen LogP contribution in [-0.2, 0) is 59.5 Å². The van der Waals surface area contributed by atoms with Gasteiger partial charge in [-0.25, -0.2) is 0 Å². The van der Waals surface area contributed by atoms with Gasteiger partial charge < -0.3 is 19.2 Å². The Morgan fingerprint density at radius 1 is 0.577 bits per heavy atom. The molecule has 0 amide bonds. The molecule has 0 aliphatic heterocycles. The van der Waals surface area contributed by atoms with Crippen molar-refractivity contribution < 1.29 is 74.2 Å². The van der Waals surface area contributed by atoms with Crippen LogP contribution in [0.3, 0.4) is 0 Å². The van der Waals surface area contributed by atoms with E-state index in [4.69, 9.17) is 19.2 Å². The Hall–Kier alpha value is 1.98. The van der Waals surface area contributed by atoms with Gasteiger partial charge in [-0.1, -0.05) is 0 Å². The summed E-state index contributed by atoms with van der Waals surface area (Å²) in [7, 11) is -5.39. The molecule has 0 saturated carbocycles. The Balaban J connectivity index is -0.000000125. The van der Waals surface area contributed by atoms with Crippen molar-refractivity contribution in [1.29, 1.82) is 0 Å². The maximum atomic E-state index is 8.55. The Morgan fingerprint density at radius 3 is 0.692 bits per heavy atom. The van der Waals surface area contributed by atoms with Crippen LogP contribution in [0.2, 0.25) is 13.5 Å². The summed E-state index contributed by atoms with van der Waals surface area (Å²) < 4.78 is 11.5. The van der Waals surface area contributed by atoms with E-state index < -0.39 is 7.82 Å². The van der Waals surface area contributed by atoms with E-state index in [-0.39, 0.29) is 0 Å². The quantitative estimate of drug-likeness (QED) is 0.367. The second kappa shape index (κ2) is 21.7. The van der Waals surface area contributed by atoms with Gasteiger partial charge in [0.2, 0.25) is 0 Å². The Labute approximate surface area is 193 Å². The topological polar surface area (TPSA) is 86.2 Å². The van der Waals surface area contributed by atoms with E-state index in [2.05, 4.69) is 62.3 Å². The summed E-state index contributed by atoms with van der Waals surface area (Å²) >= 11 is 4.37. The van der Waals surface area contributed by atoms with Crippen molar-refractivity contribution in [2.24, 2.45) is 17.8 Å². The van der Waals surface area contributed by atoms with Gasteiger partial charge in [0.05, 0.1) is 0 Å². The molecule has 0 fully saturated rings. The van der Waals surface area contributed by atoms with Crippen LogP contribution in [0.5, 0.6) is 0 Å². The molecule has 0 aliphatic rings. The second-order valence-corrected chi connectivity index (χ2v) is 18.3. The van der Waals surface area contributed by atoms with E-state index in [1.54, 1.807) is 0 Å². The molecule has 0 aromatic heterocycles. The average molecular weight is 547 g/mol. The predicted molar refractivity (Wildman–Crippen MR) is 94.2 cm³/mol. The van der Waals surface area contributed by atoms with Crippen molar-refractivity contribution in [2.45, 2.75) is 95.1 Å². The van der Waals surface area contributed by atoms with Crippen molar-refractivity contribution in [1.82, 2.24) is 0 Å². The summed E-state index contributed by atoms with van der Waals surface area (Å²) in [6.45, 7) is 20.7. The zero-order valence-corrected chi connectivity index (χ0v) is 28.6. The van der Waals surface area contributed by atoms with Gasteiger partial charge >= 0.3 is 168 Å². The van der Waals surface area contributed by atoms with E-state index in [1.807, 2.05) is 0 Å². The van der Waals surface area contributed by atoms with Crippen LogP contribution < -0.4 is 14.7 Å². The molecule has 26 heavy (non-hydrogen) atoms. The minimum Gasteiger partial charge on any atom is -0.822 e. The monoisotopic (exact) mass is 542 g/mol. The number of hydrogen-bond donors (Lipinski definition) is 0. The predicted octanol–water partition coefficient (Wildman–Crippen LogP) is 4.34. The van der Waals surface area contributed by atoms with Crippen LogP contribution >= 0.6 is 7.82 Å². The molecule has 0 N–H and O–H groups in total. The smallest absolute Gasteiger partial charge is 0.159 e. The minimum atomic E-state index is -5.39. The van der Waals surface area contributed by atoms with Gasteiger partial charge in [-0.2, -0.15) is 7.82 Å². The molecule has 0 aromatic carbocycles. The molecular formula is C18H39O4PZn3. The van der Waals surface area contributed by atoms with E-state index in [1.165, 1.54) is 74.2 Å². The average Bonchev–Trinajstić information content (AvgIpc) is 2.20. The van der Waals surface area contributed by atoms with Crippen molar-refractivity contribution in [2.75, 3.05) is 0 Å². The van der Waals surface area contributed by atoms with E-state index in [0.717, 1.165) is 31.3 Å². The van der Waals surface area contributed by atoms with E-state index >= 15 is 0 Å². The third-order valence-electron chi connectivity index (χ3n) is 2.62. The summed E-state index contributed by atoms with van der Waals surface area (Å²) in [5.74, 6) is 2.72. The molecule has 0 rings (SSSR count). The summed E-state index contributed by atoms with van der Waals surface area (Å²) in [6, 6.07) is 0. The third kappa shape index (κ3) is 82.9. The summed E-state index contributed by atoms with van der Waals surface area (Å²) in [4.78, 5) is 25.6. The molecule has 0 bridgehead atoms. The molecule has 3 unspecified atom stereocenters. The molecule has 4 nitrogen and oxygen atoms in total. The SMILES string of the molecule is CC(C)C[CH](C)[Zn+].CC(C)C[CH](C)[Zn+].CC(C)C[CH](C)[Zn+].O=P([O-])([O-])[O-]. The van der Waals surface area contributed by atoms with Crippen LogP contribution in [0, 0.1) is 17.8 Å². The Kier molecular flexibility index (Phi) is 29.5. The third-order valence-corrected chi connectivity index (χ3v) is 4.72. The second-order valence-electron chi connectivity index (χ2n) is 8.65. The van der Waals surface area contributed by atoms with E-state index in [0.29, 0.717) is 0 Å². The zero-order chi connectivity index (χ0) is 22.1. The first-order valence-corrected chi connectivity index (χ1v) is 16.2. The number of phosphoric acid groups is 1. The van der Waals surface area contributed by atoms with Crippen LogP contribution in [-0.4, -0.2) is 0 Å². The van der Waals surface area contributed by atoms with Gasteiger partial charge in [-0.05, 0) is 0 Å². The fraction of sp³-hybridized carbons (Fsp3) is 1.00. The van der Waals surface area contributed by atoms with Crippen molar-refractivity contribution in [3.8, 4) is 0 Å². The molecule has 3 atom stereocenters. The largest absolute Gasteiger partial charge is 0.822 e. The van der Waals surface area contributed by atoms with Crippen molar-refractivity contribution in [3.63, 3.8) is 0 Å². The fourth-order valence-corrected chi connectivity index (χ4v) is 6.61. The molecule has 0 aliphatic carbocycles. The summed E-state index contributed by atoms with van der Waals surface area (Å²) in [6.07, 6.45) is 4.25. The molecule has 0 radical (unpaired) electrons. The Bertz CT molecular complexity index is 258. The number of rotatable bonds is 6. The first-order chi connectivity index (χ1) is 11.4. The molecule has 0 saturated heterocycles. The molecular weight excluding hydrogens is 507 g/mol. The maximum absolute atomic E-state index is 8.55. The molecule has 146 valence electrons. The van der Waals surface area contributed by atoms with Gasteiger partial charge in [0, 0.05) is 0 Å².